The van der Waals surface area contributed by atoms with Crippen LogP contribution in [0.5, 0.6) is 0 Å². The Morgan fingerprint density at radius 2 is 1.90 bits per heavy atom. The molecule has 2 N–H and O–H groups in total. The molecule has 1 amide bonds. The van der Waals surface area contributed by atoms with Gasteiger partial charge in [-0.1, -0.05) is 25.0 Å². The fraction of sp³-hybridized carbons (Fsp3) is 0.533. The van der Waals surface area contributed by atoms with E-state index in [2.05, 4.69) is 10.6 Å². The van der Waals surface area contributed by atoms with Gasteiger partial charge in [-0.25, -0.2) is 0 Å². The number of nitrogens with one attached hydrogen (secondary N) is 2. The second kappa shape index (κ2) is 7.73. The zero-order valence-corrected chi connectivity index (χ0v) is 12.0. The Balaban J connectivity index is 1.62. The van der Waals surface area contributed by atoms with E-state index in [1.165, 1.54) is 25.0 Å². The van der Waals surface area contributed by atoms with E-state index in [1.54, 1.807) is 12.1 Å². The highest BCUT2D eigenvalue weighted by Crippen LogP contribution is 2.17. The predicted molar refractivity (Wildman–Crippen MR) is 80.1 cm³/mol. The normalized spacial score (nSPS) is 15.0. The summed E-state index contributed by atoms with van der Waals surface area (Å²) in [5.41, 5.74) is 1.12. The average Bonchev–Trinajstić information content (AvgIpc) is 2.97. The lowest BCUT2D eigenvalue weighted by Crippen LogP contribution is -2.39. The summed E-state index contributed by atoms with van der Waals surface area (Å²) >= 11 is 0. The maximum Gasteiger partial charge on any atom is 0.269 e. The number of hydrogen-bond donors (Lipinski definition) is 2. The van der Waals surface area contributed by atoms with E-state index in [9.17, 15) is 14.9 Å². The first-order chi connectivity index (χ1) is 10.1. The molecular formula is C15H21N3O3. The van der Waals surface area contributed by atoms with Crippen LogP contribution in [0.15, 0.2) is 24.3 Å². The van der Waals surface area contributed by atoms with Crippen molar-refractivity contribution in [3.63, 3.8) is 0 Å². The molecule has 1 aromatic carbocycles. The molecule has 1 aliphatic rings. The van der Waals surface area contributed by atoms with E-state index in [0.29, 0.717) is 19.1 Å². The number of carbonyl (C=O) groups is 1. The summed E-state index contributed by atoms with van der Waals surface area (Å²) in [4.78, 5) is 21.8. The molecule has 2 rings (SSSR count). The highest BCUT2D eigenvalue weighted by Gasteiger charge is 2.16. The van der Waals surface area contributed by atoms with Gasteiger partial charge in [0.25, 0.3) is 5.69 Å². The molecule has 6 heteroatoms. The molecule has 0 saturated heterocycles. The summed E-state index contributed by atoms with van der Waals surface area (Å²) in [6, 6.07) is 6.86. The van der Waals surface area contributed by atoms with Gasteiger partial charge < -0.3 is 10.6 Å². The Hall–Kier alpha value is -1.95. The van der Waals surface area contributed by atoms with E-state index < -0.39 is 4.92 Å². The van der Waals surface area contributed by atoms with Crippen LogP contribution >= 0.6 is 0 Å². The maximum absolute atomic E-state index is 11.7. The van der Waals surface area contributed by atoms with E-state index in [0.717, 1.165) is 24.8 Å². The van der Waals surface area contributed by atoms with Crippen molar-refractivity contribution < 1.29 is 9.72 Å². The second-order valence-electron chi connectivity index (χ2n) is 5.40. The first-order valence-electron chi connectivity index (χ1n) is 7.38. The van der Waals surface area contributed by atoms with E-state index in [1.807, 2.05) is 0 Å². The molecule has 6 nitrogen and oxygen atoms in total. The summed E-state index contributed by atoms with van der Waals surface area (Å²) in [5.74, 6) is 0.0469. The average molecular weight is 291 g/mol. The van der Waals surface area contributed by atoms with Gasteiger partial charge in [-0.3, -0.25) is 14.9 Å². The van der Waals surface area contributed by atoms with Gasteiger partial charge in [0.15, 0.2) is 0 Å². The molecule has 0 aliphatic heterocycles. The monoisotopic (exact) mass is 291 g/mol. The van der Waals surface area contributed by atoms with Crippen molar-refractivity contribution in [2.24, 2.45) is 0 Å². The summed E-state index contributed by atoms with van der Waals surface area (Å²) in [6.45, 7) is 0.999. The van der Waals surface area contributed by atoms with Crippen LogP contribution < -0.4 is 10.6 Å². The third-order valence-corrected chi connectivity index (χ3v) is 3.74. The summed E-state index contributed by atoms with van der Waals surface area (Å²) in [5, 5.41) is 16.7. The standard InChI is InChI=1S/C15H21N3O3/c19-15(17-13-3-1-2-4-13)11-16-10-9-12-5-7-14(8-6-12)18(20)21/h5-8,13,16H,1-4,9-11H2,(H,17,19). The number of non-ortho nitro benzene ring substituents is 1. The third kappa shape index (κ3) is 5.15. The van der Waals surface area contributed by atoms with Gasteiger partial charge in [0.2, 0.25) is 5.91 Å². The fourth-order valence-corrected chi connectivity index (χ4v) is 2.57. The molecule has 0 unspecified atom stereocenters. The fourth-order valence-electron chi connectivity index (χ4n) is 2.57. The van der Waals surface area contributed by atoms with Crippen molar-refractivity contribution in [3.8, 4) is 0 Å². The minimum absolute atomic E-state index is 0.0469. The van der Waals surface area contributed by atoms with E-state index in [-0.39, 0.29) is 11.6 Å². The van der Waals surface area contributed by atoms with Crippen LogP contribution in [0.1, 0.15) is 31.2 Å². The molecule has 0 spiro atoms. The highest BCUT2D eigenvalue weighted by atomic mass is 16.6. The molecular weight excluding hydrogens is 270 g/mol. The van der Waals surface area contributed by atoms with Crippen molar-refractivity contribution in [1.29, 1.82) is 0 Å². The number of amides is 1. The van der Waals surface area contributed by atoms with E-state index >= 15 is 0 Å². The van der Waals surface area contributed by atoms with Crippen LogP contribution in [0.25, 0.3) is 0 Å². The Bertz CT molecular complexity index is 481. The van der Waals surface area contributed by atoms with Crippen molar-refractivity contribution in [1.82, 2.24) is 10.6 Å². The number of benzene rings is 1. The minimum Gasteiger partial charge on any atom is -0.352 e. The number of rotatable bonds is 7. The van der Waals surface area contributed by atoms with Crippen LogP contribution in [-0.2, 0) is 11.2 Å². The second-order valence-corrected chi connectivity index (χ2v) is 5.40. The molecule has 0 radical (unpaired) electrons. The van der Waals surface area contributed by atoms with Crippen LogP contribution in [-0.4, -0.2) is 30.0 Å². The SMILES string of the molecule is O=C(CNCCc1ccc([N+](=O)[O-])cc1)NC1CCCC1. The number of hydrogen-bond acceptors (Lipinski definition) is 4. The lowest BCUT2D eigenvalue weighted by atomic mass is 10.1. The smallest absolute Gasteiger partial charge is 0.269 e. The number of nitro benzene ring substituents is 1. The Morgan fingerprint density at radius 1 is 1.24 bits per heavy atom. The van der Waals surface area contributed by atoms with Gasteiger partial charge in [0, 0.05) is 18.2 Å². The van der Waals surface area contributed by atoms with Gasteiger partial charge in [-0.05, 0) is 31.4 Å². The van der Waals surface area contributed by atoms with Crippen LogP contribution in [0.2, 0.25) is 0 Å². The Kier molecular flexibility index (Phi) is 5.68. The Labute approximate surface area is 124 Å². The van der Waals surface area contributed by atoms with Crippen molar-refractivity contribution in [2.75, 3.05) is 13.1 Å². The minimum atomic E-state index is -0.407. The zero-order valence-electron chi connectivity index (χ0n) is 12.0. The number of carbonyl (C=O) groups excluding carboxylic acids is 1. The molecule has 1 aliphatic carbocycles. The molecule has 0 bridgehead atoms. The van der Waals surface area contributed by atoms with Crippen molar-refractivity contribution in [2.45, 2.75) is 38.1 Å². The first-order valence-corrected chi connectivity index (χ1v) is 7.38. The first kappa shape index (κ1) is 15.4. The zero-order chi connectivity index (χ0) is 15.1. The van der Waals surface area contributed by atoms with Gasteiger partial charge in [-0.15, -0.1) is 0 Å². The maximum atomic E-state index is 11.7. The molecule has 1 aromatic rings. The summed E-state index contributed by atoms with van der Waals surface area (Å²) < 4.78 is 0. The lowest BCUT2D eigenvalue weighted by molar-refractivity contribution is -0.384. The van der Waals surface area contributed by atoms with Gasteiger partial charge in [0.05, 0.1) is 11.5 Å². The summed E-state index contributed by atoms with van der Waals surface area (Å²) in [7, 11) is 0. The quantitative estimate of drug-likeness (QED) is 0.455. The summed E-state index contributed by atoms with van der Waals surface area (Å²) in [6.07, 6.45) is 5.34. The van der Waals surface area contributed by atoms with Crippen molar-refractivity contribution >= 4 is 11.6 Å². The largest absolute Gasteiger partial charge is 0.352 e. The number of nitrogens with zero attached hydrogens (tertiary/aromatic N) is 1. The van der Waals surface area contributed by atoms with Crippen LogP contribution in [0, 0.1) is 10.1 Å². The number of nitro groups is 1. The lowest BCUT2D eigenvalue weighted by Gasteiger charge is -2.12. The highest BCUT2D eigenvalue weighted by molar-refractivity contribution is 5.78. The predicted octanol–water partition coefficient (Wildman–Crippen LogP) is 1.79. The molecule has 0 atom stereocenters. The molecule has 114 valence electrons. The molecule has 21 heavy (non-hydrogen) atoms. The van der Waals surface area contributed by atoms with E-state index in [4.69, 9.17) is 0 Å². The topological polar surface area (TPSA) is 84.3 Å². The van der Waals surface area contributed by atoms with Gasteiger partial charge in [-0.2, -0.15) is 0 Å². The molecule has 0 aromatic heterocycles. The Morgan fingerprint density at radius 3 is 2.52 bits per heavy atom. The van der Waals surface area contributed by atoms with Crippen LogP contribution in [0.3, 0.4) is 0 Å². The van der Waals surface area contributed by atoms with Gasteiger partial charge >= 0.3 is 0 Å². The molecule has 1 fully saturated rings. The van der Waals surface area contributed by atoms with Crippen LogP contribution in [0.4, 0.5) is 5.69 Å². The van der Waals surface area contributed by atoms with Crippen molar-refractivity contribution in [3.05, 3.63) is 39.9 Å². The molecule has 1 saturated carbocycles. The molecule has 0 heterocycles. The third-order valence-electron chi connectivity index (χ3n) is 3.74. The van der Waals surface area contributed by atoms with Gasteiger partial charge in [0.1, 0.15) is 0 Å².